The number of allylic oxidation sites excluding steroid dienone is 1. The Morgan fingerprint density at radius 2 is 2.00 bits per heavy atom. The molecule has 2 rings (SSSR count). The average molecular weight is 236 g/mol. The summed E-state index contributed by atoms with van der Waals surface area (Å²) in [6.45, 7) is 9.71. The number of hydrogen-bond acceptors (Lipinski definition) is 1. The fraction of sp³-hybridized carbons (Fsp3) is 0.875. The summed E-state index contributed by atoms with van der Waals surface area (Å²) >= 11 is 0. The largest absolute Gasteiger partial charge is 0.392 e. The van der Waals surface area contributed by atoms with Crippen molar-refractivity contribution < 1.29 is 5.11 Å². The lowest BCUT2D eigenvalue weighted by Crippen LogP contribution is -2.42. The first-order chi connectivity index (χ1) is 7.96. The van der Waals surface area contributed by atoms with Gasteiger partial charge in [-0.15, -0.1) is 0 Å². The Labute approximate surface area is 106 Å². The normalized spacial score (nSPS) is 39.7. The third-order valence-electron chi connectivity index (χ3n) is 5.89. The van der Waals surface area contributed by atoms with E-state index in [0.717, 1.165) is 17.8 Å². The van der Waals surface area contributed by atoms with Crippen LogP contribution in [0.15, 0.2) is 11.1 Å². The quantitative estimate of drug-likeness (QED) is 0.678. The highest BCUT2D eigenvalue weighted by atomic mass is 16.3. The molecule has 0 saturated heterocycles. The van der Waals surface area contributed by atoms with E-state index in [9.17, 15) is 5.11 Å². The third-order valence-corrected chi connectivity index (χ3v) is 5.89. The van der Waals surface area contributed by atoms with E-state index in [4.69, 9.17) is 0 Å². The molecule has 2 aliphatic carbocycles. The van der Waals surface area contributed by atoms with E-state index >= 15 is 0 Å². The zero-order chi connectivity index (χ0) is 12.6. The molecular weight excluding hydrogens is 208 g/mol. The Hall–Kier alpha value is -0.300. The van der Waals surface area contributed by atoms with E-state index < -0.39 is 0 Å². The summed E-state index contributed by atoms with van der Waals surface area (Å²) in [5.74, 6) is 2.63. The molecule has 0 aromatic heterocycles. The second-order valence-electron chi connectivity index (χ2n) is 6.95. The Balaban J connectivity index is 2.20. The molecule has 2 saturated carbocycles. The average Bonchev–Trinajstić information content (AvgIpc) is 2.33. The van der Waals surface area contributed by atoms with E-state index in [1.54, 1.807) is 5.57 Å². The van der Waals surface area contributed by atoms with Crippen molar-refractivity contribution >= 4 is 0 Å². The minimum atomic E-state index is 0.253. The Kier molecular flexibility index (Phi) is 3.68. The summed E-state index contributed by atoms with van der Waals surface area (Å²) in [6, 6.07) is 0. The number of fused-ring (bicyclic) bond motifs is 1. The molecule has 0 aromatic carbocycles. The molecule has 0 radical (unpaired) electrons. The topological polar surface area (TPSA) is 20.2 Å². The third kappa shape index (κ3) is 2.31. The molecule has 0 amide bonds. The molecule has 1 heteroatoms. The van der Waals surface area contributed by atoms with Crippen molar-refractivity contribution in [1.82, 2.24) is 0 Å². The maximum absolute atomic E-state index is 9.31. The second-order valence-corrected chi connectivity index (χ2v) is 6.95. The summed E-state index contributed by atoms with van der Waals surface area (Å²) in [5, 5.41) is 9.31. The fourth-order valence-corrected chi connectivity index (χ4v) is 4.01. The van der Waals surface area contributed by atoms with Gasteiger partial charge in [0.05, 0.1) is 6.61 Å². The predicted octanol–water partition coefficient (Wildman–Crippen LogP) is 4.17. The van der Waals surface area contributed by atoms with E-state index in [1.807, 2.05) is 0 Å². The van der Waals surface area contributed by atoms with Crippen LogP contribution in [-0.4, -0.2) is 11.7 Å². The minimum Gasteiger partial charge on any atom is -0.392 e. The SMILES string of the molecule is CC(CO)=C1CCC2CCC(C)C(C)(C)C2C1. The zero-order valence-electron chi connectivity index (χ0n) is 11.9. The lowest BCUT2D eigenvalue weighted by molar-refractivity contribution is 0.00689. The molecule has 0 aliphatic heterocycles. The molecule has 0 bridgehead atoms. The fourth-order valence-electron chi connectivity index (χ4n) is 4.01. The molecule has 1 nitrogen and oxygen atoms in total. The first-order valence-electron chi connectivity index (χ1n) is 7.25. The Morgan fingerprint density at radius 3 is 2.65 bits per heavy atom. The molecule has 2 aliphatic rings. The van der Waals surface area contributed by atoms with E-state index in [1.165, 1.54) is 37.7 Å². The van der Waals surface area contributed by atoms with Gasteiger partial charge in [-0.25, -0.2) is 0 Å². The highest BCUT2D eigenvalue weighted by Gasteiger charge is 2.44. The van der Waals surface area contributed by atoms with Crippen LogP contribution in [0, 0.1) is 23.2 Å². The van der Waals surface area contributed by atoms with Gasteiger partial charge in [-0.2, -0.15) is 0 Å². The van der Waals surface area contributed by atoms with E-state index in [2.05, 4.69) is 27.7 Å². The van der Waals surface area contributed by atoms with Crippen LogP contribution in [0.25, 0.3) is 0 Å². The molecule has 98 valence electrons. The molecule has 1 N–H and O–H groups in total. The van der Waals surface area contributed by atoms with Crippen molar-refractivity contribution in [2.24, 2.45) is 23.2 Å². The van der Waals surface area contributed by atoms with Crippen LogP contribution in [0.2, 0.25) is 0 Å². The van der Waals surface area contributed by atoms with Crippen molar-refractivity contribution in [2.75, 3.05) is 6.61 Å². The molecule has 0 aromatic rings. The summed E-state index contributed by atoms with van der Waals surface area (Å²) in [5.41, 5.74) is 3.26. The smallest absolute Gasteiger partial charge is 0.0641 e. The number of aliphatic hydroxyl groups is 1. The second kappa shape index (κ2) is 4.76. The molecule has 17 heavy (non-hydrogen) atoms. The van der Waals surface area contributed by atoms with E-state index in [0.29, 0.717) is 5.41 Å². The summed E-state index contributed by atoms with van der Waals surface area (Å²) in [7, 11) is 0. The summed E-state index contributed by atoms with van der Waals surface area (Å²) in [6.07, 6.45) is 6.67. The molecule has 3 atom stereocenters. The summed E-state index contributed by atoms with van der Waals surface area (Å²) in [4.78, 5) is 0. The monoisotopic (exact) mass is 236 g/mol. The lowest BCUT2D eigenvalue weighted by atomic mass is 9.54. The van der Waals surface area contributed by atoms with Gasteiger partial charge in [0.1, 0.15) is 0 Å². The Morgan fingerprint density at radius 1 is 1.29 bits per heavy atom. The van der Waals surface area contributed by atoms with Gasteiger partial charge in [0.2, 0.25) is 0 Å². The van der Waals surface area contributed by atoms with Gasteiger partial charge in [-0.05, 0) is 67.8 Å². The van der Waals surface area contributed by atoms with Crippen LogP contribution in [0.3, 0.4) is 0 Å². The van der Waals surface area contributed by atoms with Gasteiger partial charge < -0.3 is 5.11 Å². The first-order valence-corrected chi connectivity index (χ1v) is 7.25. The molecule has 0 spiro atoms. The van der Waals surface area contributed by atoms with Crippen molar-refractivity contribution in [1.29, 1.82) is 0 Å². The van der Waals surface area contributed by atoms with Gasteiger partial charge in [0.15, 0.2) is 0 Å². The zero-order valence-corrected chi connectivity index (χ0v) is 11.9. The van der Waals surface area contributed by atoms with Crippen LogP contribution < -0.4 is 0 Å². The van der Waals surface area contributed by atoms with Crippen LogP contribution in [0.5, 0.6) is 0 Å². The lowest BCUT2D eigenvalue weighted by Gasteiger charge is -2.51. The van der Waals surface area contributed by atoms with Crippen molar-refractivity contribution in [2.45, 2.75) is 59.8 Å². The predicted molar refractivity (Wildman–Crippen MR) is 72.8 cm³/mol. The standard InChI is InChI=1S/C16H28O/c1-11(10-17)14-8-7-13-6-5-12(2)16(3,4)15(13)9-14/h12-13,15,17H,5-10H2,1-4H3. The molecule has 0 heterocycles. The van der Waals surface area contributed by atoms with Gasteiger partial charge in [0, 0.05) is 0 Å². The maximum Gasteiger partial charge on any atom is 0.0641 e. The Bertz CT molecular complexity index is 313. The number of aliphatic hydroxyl groups excluding tert-OH is 1. The minimum absolute atomic E-state index is 0.253. The van der Waals surface area contributed by atoms with Crippen LogP contribution >= 0.6 is 0 Å². The highest BCUT2D eigenvalue weighted by molar-refractivity contribution is 5.17. The summed E-state index contributed by atoms with van der Waals surface area (Å²) < 4.78 is 0. The van der Waals surface area contributed by atoms with Gasteiger partial charge >= 0.3 is 0 Å². The van der Waals surface area contributed by atoms with Gasteiger partial charge in [-0.1, -0.05) is 26.3 Å². The van der Waals surface area contributed by atoms with Crippen molar-refractivity contribution in [3.8, 4) is 0 Å². The van der Waals surface area contributed by atoms with Crippen LogP contribution in [-0.2, 0) is 0 Å². The molecule has 2 fully saturated rings. The number of hydrogen-bond donors (Lipinski definition) is 1. The van der Waals surface area contributed by atoms with Gasteiger partial charge in [0.25, 0.3) is 0 Å². The van der Waals surface area contributed by atoms with Crippen LogP contribution in [0.1, 0.15) is 59.8 Å². The highest BCUT2D eigenvalue weighted by Crippen LogP contribution is 2.54. The van der Waals surface area contributed by atoms with Crippen molar-refractivity contribution in [3.63, 3.8) is 0 Å². The van der Waals surface area contributed by atoms with Gasteiger partial charge in [-0.3, -0.25) is 0 Å². The van der Waals surface area contributed by atoms with Crippen molar-refractivity contribution in [3.05, 3.63) is 11.1 Å². The molecule has 3 unspecified atom stereocenters. The van der Waals surface area contributed by atoms with Crippen LogP contribution in [0.4, 0.5) is 0 Å². The van der Waals surface area contributed by atoms with E-state index in [-0.39, 0.29) is 6.61 Å². The number of rotatable bonds is 1. The first kappa shape index (κ1) is 13.1. The molecular formula is C16H28O. The maximum atomic E-state index is 9.31.